The minimum absolute atomic E-state index is 0.0384. The van der Waals surface area contributed by atoms with Gasteiger partial charge in [0.05, 0.1) is 5.75 Å². The second kappa shape index (κ2) is 8.06. The zero-order valence-electron chi connectivity index (χ0n) is 13.5. The molecule has 0 aromatic heterocycles. The van der Waals surface area contributed by atoms with Crippen molar-refractivity contribution in [3.05, 3.63) is 65.5 Å². The number of carbonyl (C=O) groups excluding carboxylic acids is 1. The molecule has 1 N–H and O–H groups in total. The van der Waals surface area contributed by atoms with E-state index in [0.29, 0.717) is 6.42 Å². The number of carbonyl (C=O) groups is 1. The average Bonchev–Trinajstić information content (AvgIpc) is 2.53. The van der Waals surface area contributed by atoms with Gasteiger partial charge in [-0.2, -0.15) is 0 Å². The van der Waals surface area contributed by atoms with Gasteiger partial charge in [0.1, 0.15) is 10.7 Å². The van der Waals surface area contributed by atoms with Crippen LogP contribution < -0.4 is 5.32 Å². The summed E-state index contributed by atoms with van der Waals surface area (Å²) in [4.78, 5) is 11.5. The largest absolute Gasteiger partial charge is 0.355 e. The van der Waals surface area contributed by atoms with Crippen LogP contribution in [0.25, 0.3) is 0 Å². The first kappa shape index (κ1) is 18.1. The number of aryl methyl sites for hydroxylation is 2. The maximum Gasteiger partial charge on any atom is 0.220 e. The van der Waals surface area contributed by atoms with Gasteiger partial charge >= 0.3 is 0 Å². The fourth-order valence-electron chi connectivity index (χ4n) is 2.35. The molecule has 128 valence electrons. The summed E-state index contributed by atoms with van der Waals surface area (Å²) in [6.07, 6.45) is 0.872. The molecule has 2 aromatic rings. The molecule has 1 amide bonds. The van der Waals surface area contributed by atoms with Crippen LogP contribution in [0, 0.1) is 12.7 Å². The monoisotopic (exact) mass is 349 g/mol. The van der Waals surface area contributed by atoms with Crippen molar-refractivity contribution in [2.24, 2.45) is 0 Å². The highest BCUT2D eigenvalue weighted by atomic mass is 32.2. The third-order valence-electron chi connectivity index (χ3n) is 3.59. The van der Waals surface area contributed by atoms with Gasteiger partial charge in [0.15, 0.2) is 9.84 Å². The Kier molecular flexibility index (Phi) is 6.09. The molecular formula is C18H20FNO3S. The lowest BCUT2D eigenvalue weighted by molar-refractivity contribution is -0.120. The highest BCUT2D eigenvalue weighted by Gasteiger charge is 2.18. The molecule has 4 nitrogen and oxygen atoms in total. The Morgan fingerprint density at radius 2 is 1.88 bits per heavy atom. The maximum atomic E-state index is 13.5. The van der Waals surface area contributed by atoms with E-state index in [9.17, 15) is 17.6 Å². The molecule has 0 bridgehead atoms. The molecule has 0 saturated heterocycles. The number of amides is 1. The Bertz CT molecular complexity index is 819. The van der Waals surface area contributed by atoms with Gasteiger partial charge in [0, 0.05) is 13.0 Å². The van der Waals surface area contributed by atoms with Gasteiger partial charge in [0.2, 0.25) is 5.91 Å². The molecule has 6 heteroatoms. The molecular weight excluding hydrogens is 329 g/mol. The van der Waals surface area contributed by atoms with E-state index in [2.05, 4.69) is 5.32 Å². The Labute approximate surface area is 141 Å². The molecule has 0 spiro atoms. The first-order valence-corrected chi connectivity index (χ1v) is 9.33. The predicted octanol–water partition coefficient (Wildman–Crippen LogP) is 2.66. The summed E-state index contributed by atoms with van der Waals surface area (Å²) in [6.45, 7) is 1.94. The topological polar surface area (TPSA) is 63.2 Å². The van der Waals surface area contributed by atoms with Crippen LogP contribution in [-0.4, -0.2) is 26.6 Å². The van der Waals surface area contributed by atoms with Crippen LogP contribution in [-0.2, 0) is 21.1 Å². The van der Waals surface area contributed by atoms with Crippen molar-refractivity contribution in [3.8, 4) is 0 Å². The third-order valence-corrected chi connectivity index (χ3v) is 5.33. The standard InChI is InChI=1S/C18H20FNO3S/c1-14-5-4-6-15(13-14)9-10-18(21)20-11-12-24(22,23)17-8-3-2-7-16(17)19/h2-8,13H,9-12H2,1H3,(H,20,21). The Morgan fingerprint density at radius 1 is 1.12 bits per heavy atom. The zero-order chi connectivity index (χ0) is 17.6. The van der Waals surface area contributed by atoms with E-state index in [1.807, 2.05) is 31.2 Å². The number of benzene rings is 2. The maximum absolute atomic E-state index is 13.5. The van der Waals surface area contributed by atoms with Crippen LogP contribution in [0.1, 0.15) is 17.5 Å². The van der Waals surface area contributed by atoms with Crippen LogP contribution in [0.2, 0.25) is 0 Å². The number of hydrogen-bond acceptors (Lipinski definition) is 3. The smallest absolute Gasteiger partial charge is 0.220 e. The van der Waals surface area contributed by atoms with E-state index in [1.165, 1.54) is 18.2 Å². The quantitative estimate of drug-likeness (QED) is 0.836. The van der Waals surface area contributed by atoms with Gasteiger partial charge < -0.3 is 5.32 Å². The SMILES string of the molecule is Cc1cccc(CCC(=O)NCCS(=O)(=O)c2ccccc2F)c1. The van der Waals surface area contributed by atoms with Gasteiger partial charge in [-0.15, -0.1) is 0 Å². The first-order chi connectivity index (χ1) is 11.4. The average molecular weight is 349 g/mol. The van der Waals surface area contributed by atoms with Gasteiger partial charge in [-0.25, -0.2) is 12.8 Å². The van der Waals surface area contributed by atoms with E-state index < -0.39 is 15.7 Å². The molecule has 0 aliphatic heterocycles. The van der Waals surface area contributed by atoms with Crippen LogP contribution in [0.3, 0.4) is 0 Å². The number of rotatable bonds is 7. The normalized spacial score (nSPS) is 11.2. The number of nitrogens with one attached hydrogen (secondary N) is 1. The summed E-state index contributed by atoms with van der Waals surface area (Å²) in [6, 6.07) is 13.1. The fraction of sp³-hybridized carbons (Fsp3) is 0.278. The van der Waals surface area contributed by atoms with Gasteiger partial charge in [-0.3, -0.25) is 4.79 Å². The van der Waals surface area contributed by atoms with E-state index >= 15 is 0 Å². The van der Waals surface area contributed by atoms with E-state index in [-0.39, 0.29) is 29.5 Å². The molecule has 0 atom stereocenters. The summed E-state index contributed by atoms with van der Waals surface area (Å²) >= 11 is 0. The molecule has 24 heavy (non-hydrogen) atoms. The Balaban J connectivity index is 1.81. The van der Waals surface area contributed by atoms with Crippen molar-refractivity contribution in [1.82, 2.24) is 5.32 Å². The summed E-state index contributed by atoms with van der Waals surface area (Å²) < 4.78 is 37.7. The lowest BCUT2D eigenvalue weighted by atomic mass is 10.1. The van der Waals surface area contributed by atoms with Gasteiger partial charge in [-0.1, -0.05) is 42.0 Å². The summed E-state index contributed by atoms with van der Waals surface area (Å²) in [7, 11) is -3.75. The number of hydrogen-bond donors (Lipinski definition) is 1. The minimum atomic E-state index is -3.75. The third kappa shape index (κ3) is 5.16. The van der Waals surface area contributed by atoms with Crippen molar-refractivity contribution in [2.75, 3.05) is 12.3 Å². The van der Waals surface area contributed by atoms with Crippen LogP contribution >= 0.6 is 0 Å². The summed E-state index contributed by atoms with van der Waals surface area (Å²) in [5, 5.41) is 2.57. The zero-order valence-corrected chi connectivity index (χ0v) is 14.3. The molecule has 0 radical (unpaired) electrons. The van der Waals surface area contributed by atoms with Crippen molar-refractivity contribution in [2.45, 2.75) is 24.7 Å². The second-order valence-corrected chi connectivity index (χ2v) is 7.67. The molecule has 0 saturated carbocycles. The molecule has 2 rings (SSSR count). The predicted molar refractivity (Wildman–Crippen MR) is 91.0 cm³/mol. The number of halogens is 1. The van der Waals surface area contributed by atoms with Crippen molar-refractivity contribution >= 4 is 15.7 Å². The molecule has 0 fully saturated rings. The van der Waals surface area contributed by atoms with Gasteiger partial charge in [-0.05, 0) is 31.0 Å². The number of sulfone groups is 1. The highest BCUT2D eigenvalue weighted by Crippen LogP contribution is 2.14. The minimum Gasteiger partial charge on any atom is -0.355 e. The molecule has 0 aliphatic carbocycles. The summed E-state index contributed by atoms with van der Waals surface area (Å²) in [5.41, 5.74) is 2.19. The lowest BCUT2D eigenvalue weighted by Gasteiger charge is -2.08. The Morgan fingerprint density at radius 3 is 2.58 bits per heavy atom. The van der Waals surface area contributed by atoms with Crippen molar-refractivity contribution < 1.29 is 17.6 Å². The first-order valence-electron chi connectivity index (χ1n) is 7.68. The molecule has 0 heterocycles. The van der Waals surface area contributed by atoms with Crippen LogP contribution in [0.5, 0.6) is 0 Å². The molecule has 0 unspecified atom stereocenters. The summed E-state index contributed by atoms with van der Waals surface area (Å²) in [5.74, 6) is -1.33. The lowest BCUT2D eigenvalue weighted by Crippen LogP contribution is -2.29. The second-order valence-electron chi connectivity index (χ2n) is 5.59. The van der Waals surface area contributed by atoms with Gasteiger partial charge in [0.25, 0.3) is 0 Å². The fourth-order valence-corrected chi connectivity index (χ4v) is 3.59. The van der Waals surface area contributed by atoms with E-state index in [4.69, 9.17) is 0 Å². The van der Waals surface area contributed by atoms with Crippen LogP contribution in [0.15, 0.2) is 53.4 Å². The Hall–Kier alpha value is -2.21. The van der Waals surface area contributed by atoms with Crippen LogP contribution in [0.4, 0.5) is 4.39 Å². The van der Waals surface area contributed by atoms with E-state index in [0.717, 1.165) is 17.2 Å². The highest BCUT2D eigenvalue weighted by molar-refractivity contribution is 7.91. The van der Waals surface area contributed by atoms with Crippen molar-refractivity contribution in [3.63, 3.8) is 0 Å². The van der Waals surface area contributed by atoms with Crippen molar-refractivity contribution in [1.29, 1.82) is 0 Å². The van der Waals surface area contributed by atoms with E-state index in [1.54, 1.807) is 0 Å². The molecule has 2 aromatic carbocycles. The molecule has 0 aliphatic rings.